The van der Waals surface area contributed by atoms with E-state index < -0.39 is 5.82 Å². The van der Waals surface area contributed by atoms with Crippen molar-refractivity contribution in [3.05, 3.63) is 66.2 Å². The summed E-state index contributed by atoms with van der Waals surface area (Å²) < 4.78 is 20.4. The molecular weight excluding hydrogens is 371 g/mol. The van der Waals surface area contributed by atoms with Gasteiger partial charge in [0.2, 0.25) is 5.95 Å². The first-order valence-corrected chi connectivity index (χ1v) is 9.40. The molecular formula is C22H21FN4O2. The van der Waals surface area contributed by atoms with Crippen molar-refractivity contribution < 1.29 is 13.9 Å². The molecule has 4 rings (SSSR count). The zero-order chi connectivity index (χ0) is 20.4. The Bertz CT molecular complexity index is 1040. The zero-order valence-electron chi connectivity index (χ0n) is 16.0. The second kappa shape index (κ2) is 7.97. The Morgan fingerprint density at radius 3 is 2.62 bits per heavy atom. The molecule has 0 bridgehead atoms. The molecule has 7 heteroatoms. The number of benzene rings is 2. The van der Waals surface area contributed by atoms with Crippen molar-refractivity contribution in [2.45, 2.75) is 13.0 Å². The Morgan fingerprint density at radius 1 is 1.14 bits per heavy atom. The van der Waals surface area contributed by atoms with Crippen LogP contribution in [0, 0.1) is 5.82 Å². The molecule has 2 heterocycles. The number of aromatic nitrogens is 2. The van der Waals surface area contributed by atoms with Crippen LogP contribution in [-0.4, -0.2) is 46.6 Å². The molecule has 2 aromatic carbocycles. The predicted octanol–water partition coefficient (Wildman–Crippen LogP) is 3.39. The lowest BCUT2D eigenvalue weighted by molar-refractivity contribution is -0.0123. The molecule has 148 valence electrons. The lowest BCUT2D eigenvalue weighted by Crippen LogP contribution is -2.44. The number of nitrogens with zero attached hydrogens (tertiary/aromatic N) is 3. The largest absolute Gasteiger partial charge is 0.375 e. The molecule has 1 amide bonds. The number of amides is 1. The van der Waals surface area contributed by atoms with E-state index in [-0.39, 0.29) is 18.0 Å². The number of hydrogen-bond donors (Lipinski definition) is 1. The van der Waals surface area contributed by atoms with Crippen LogP contribution < -0.4 is 5.73 Å². The highest BCUT2D eigenvalue weighted by Gasteiger charge is 2.24. The van der Waals surface area contributed by atoms with Gasteiger partial charge in [-0.1, -0.05) is 30.3 Å². The molecule has 1 aliphatic heterocycles. The van der Waals surface area contributed by atoms with Crippen molar-refractivity contribution in [2.75, 3.05) is 25.4 Å². The van der Waals surface area contributed by atoms with Crippen LogP contribution in [0.25, 0.3) is 22.3 Å². The standard InChI is InChI=1S/C22H21FN4O2/c1-14-13-27(8-9-29-14)21(28)19-5-3-2-4-17(19)15-6-7-18(20(23)10-15)16-11-25-22(24)26-12-16/h2-7,10-12,14H,8-9,13H2,1H3,(H2,24,25,26). The van der Waals surface area contributed by atoms with Crippen molar-refractivity contribution in [2.24, 2.45) is 0 Å². The van der Waals surface area contributed by atoms with E-state index in [0.717, 1.165) is 0 Å². The third-order valence-electron chi connectivity index (χ3n) is 4.95. The number of rotatable bonds is 3. The second-order valence-corrected chi connectivity index (χ2v) is 7.00. The minimum absolute atomic E-state index is 0.00119. The van der Waals surface area contributed by atoms with Crippen LogP contribution in [0.5, 0.6) is 0 Å². The van der Waals surface area contributed by atoms with Gasteiger partial charge in [0.05, 0.1) is 12.7 Å². The van der Waals surface area contributed by atoms with Gasteiger partial charge in [-0.15, -0.1) is 0 Å². The monoisotopic (exact) mass is 392 g/mol. The maximum absolute atomic E-state index is 14.9. The van der Waals surface area contributed by atoms with Gasteiger partial charge in [-0.05, 0) is 30.2 Å². The van der Waals surface area contributed by atoms with E-state index in [1.165, 1.54) is 18.5 Å². The quantitative estimate of drug-likeness (QED) is 0.739. The highest BCUT2D eigenvalue weighted by atomic mass is 19.1. The summed E-state index contributed by atoms with van der Waals surface area (Å²) >= 11 is 0. The number of carbonyl (C=O) groups excluding carboxylic acids is 1. The SMILES string of the molecule is CC1CN(C(=O)c2ccccc2-c2ccc(-c3cnc(N)nc3)c(F)c2)CCO1. The average Bonchev–Trinajstić information content (AvgIpc) is 2.74. The van der Waals surface area contributed by atoms with E-state index in [0.29, 0.717) is 47.5 Å². The number of carbonyl (C=O) groups is 1. The number of nitrogens with two attached hydrogens (primary N) is 1. The molecule has 1 atom stereocenters. The van der Waals surface area contributed by atoms with Crippen LogP contribution >= 0.6 is 0 Å². The van der Waals surface area contributed by atoms with Gasteiger partial charge in [-0.3, -0.25) is 4.79 Å². The lowest BCUT2D eigenvalue weighted by Gasteiger charge is -2.31. The van der Waals surface area contributed by atoms with E-state index in [9.17, 15) is 9.18 Å². The number of hydrogen-bond acceptors (Lipinski definition) is 5. The normalized spacial score (nSPS) is 16.6. The molecule has 1 saturated heterocycles. The maximum atomic E-state index is 14.9. The Labute approximate surface area is 168 Å². The van der Waals surface area contributed by atoms with Crippen LogP contribution in [-0.2, 0) is 4.74 Å². The van der Waals surface area contributed by atoms with Gasteiger partial charge in [0.1, 0.15) is 5.82 Å². The highest BCUT2D eigenvalue weighted by Crippen LogP contribution is 2.30. The molecule has 1 unspecified atom stereocenters. The molecule has 6 nitrogen and oxygen atoms in total. The molecule has 1 aliphatic rings. The van der Waals surface area contributed by atoms with E-state index in [4.69, 9.17) is 10.5 Å². The van der Waals surface area contributed by atoms with Crippen molar-refractivity contribution in [1.29, 1.82) is 0 Å². The third-order valence-corrected chi connectivity index (χ3v) is 4.95. The molecule has 3 aromatic rings. The molecule has 1 aromatic heterocycles. The second-order valence-electron chi connectivity index (χ2n) is 7.00. The average molecular weight is 392 g/mol. The number of morpholine rings is 1. The van der Waals surface area contributed by atoms with Crippen LogP contribution in [0.3, 0.4) is 0 Å². The molecule has 0 saturated carbocycles. The summed E-state index contributed by atoms with van der Waals surface area (Å²) in [6.45, 7) is 3.54. The van der Waals surface area contributed by atoms with E-state index >= 15 is 0 Å². The van der Waals surface area contributed by atoms with Gasteiger partial charge >= 0.3 is 0 Å². The fourth-order valence-electron chi connectivity index (χ4n) is 3.49. The maximum Gasteiger partial charge on any atom is 0.254 e. The van der Waals surface area contributed by atoms with Gasteiger partial charge in [0.15, 0.2) is 0 Å². The van der Waals surface area contributed by atoms with Gasteiger partial charge in [0.25, 0.3) is 5.91 Å². The third kappa shape index (κ3) is 3.95. The topological polar surface area (TPSA) is 81.3 Å². The van der Waals surface area contributed by atoms with Crippen LogP contribution in [0.4, 0.5) is 10.3 Å². The van der Waals surface area contributed by atoms with Gasteiger partial charge in [-0.2, -0.15) is 0 Å². The molecule has 0 aliphatic carbocycles. The Balaban J connectivity index is 1.68. The van der Waals surface area contributed by atoms with Crippen molar-refractivity contribution >= 4 is 11.9 Å². The smallest absolute Gasteiger partial charge is 0.254 e. The van der Waals surface area contributed by atoms with Crippen LogP contribution in [0.2, 0.25) is 0 Å². The summed E-state index contributed by atoms with van der Waals surface area (Å²) in [6, 6.07) is 12.2. The number of halogens is 1. The highest BCUT2D eigenvalue weighted by molar-refractivity contribution is 6.01. The van der Waals surface area contributed by atoms with E-state index in [2.05, 4.69) is 9.97 Å². The molecule has 0 radical (unpaired) electrons. The number of anilines is 1. The Morgan fingerprint density at radius 2 is 1.90 bits per heavy atom. The first kappa shape index (κ1) is 19.0. The molecule has 2 N–H and O–H groups in total. The summed E-state index contributed by atoms with van der Waals surface area (Å²) in [5.74, 6) is -0.360. The van der Waals surface area contributed by atoms with Gasteiger partial charge in [0, 0.05) is 42.2 Å². The summed E-state index contributed by atoms with van der Waals surface area (Å²) in [6.07, 6.45) is 2.97. The fraction of sp³-hybridized carbons (Fsp3) is 0.227. The number of ether oxygens (including phenoxy) is 1. The van der Waals surface area contributed by atoms with Crippen molar-refractivity contribution in [3.8, 4) is 22.3 Å². The van der Waals surface area contributed by atoms with Crippen LogP contribution in [0.15, 0.2) is 54.9 Å². The summed E-state index contributed by atoms with van der Waals surface area (Å²) in [7, 11) is 0. The first-order chi connectivity index (χ1) is 14.0. The summed E-state index contributed by atoms with van der Waals surface area (Å²) in [4.78, 5) is 22.7. The Hall–Kier alpha value is -3.32. The summed E-state index contributed by atoms with van der Waals surface area (Å²) in [5.41, 5.74) is 8.28. The minimum atomic E-state index is -0.418. The fourth-order valence-corrected chi connectivity index (χ4v) is 3.49. The van der Waals surface area contributed by atoms with Crippen LogP contribution in [0.1, 0.15) is 17.3 Å². The first-order valence-electron chi connectivity index (χ1n) is 9.40. The molecule has 1 fully saturated rings. The van der Waals surface area contributed by atoms with Gasteiger partial charge < -0.3 is 15.4 Å². The zero-order valence-corrected chi connectivity index (χ0v) is 16.0. The molecule has 29 heavy (non-hydrogen) atoms. The van der Waals surface area contributed by atoms with E-state index in [1.807, 2.05) is 25.1 Å². The predicted molar refractivity (Wildman–Crippen MR) is 109 cm³/mol. The number of nitrogen functional groups attached to an aromatic ring is 1. The van der Waals surface area contributed by atoms with Gasteiger partial charge in [-0.25, -0.2) is 14.4 Å². The van der Waals surface area contributed by atoms with E-state index in [1.54, 1.807) is 23.1 Å². The molecule has 0 spiro atoms. The minimum Gasteiger partial charge on any atom is -0.375 e. The van der Waals surface area contributed by atoms with Crippen molar-refractivity contribution in [1.82, 2.24) is 14.9 Å². The summed E-state index contributed by atoms with van der Waals surface area (Å²) in [5, 5.41) is 0. The van der Waals surface area contributed by atoms with Crippen molar-refractivity contribution in [3.63, 3.8) is 0 Å². The Kier molecular flexibility index (Phi) is 5.22. The lowest BCUT2D eigenvalue weighted by atomic mass is 9.96.